The Morgan fingerprint density at radius 1 is 0.821 bits per heavy atom. The standard InChI is InChI=1S/C57H76F2N10O15/c1-7-8-15-40(56(81)82)66-55-43(83-55)22-24-61-53(79)39(23-25-68(48(75)31-70)50(57(4,5)6)42-26-35(37-27-36(58)18-19-38(37)59)30-67(42)29-34-13-10-9-11-14-34)64-54(80)41(28-44(60)71)65-52(78)33(3)63-51(77)32(2)62-45(72)16-12-17-49(76)84-69-46(73)20-21-47(69)74/h9-11,13-14,18-19,26-27,30,32-33,39-41,43,50,55,66,70H,7-8,12,15-17,20-25,28-29,31H2,1-6H3,(H2,60,71)(H,61,79)(H,62,72)(H,63,77)(H,64,80)(H,65,78)(H,81,82)/t32-,33+,39-,40-,41-,43?,50-,55?/m0/s1. The number of nitrogens with two attached hydrogens (primary N) is 1. The van der Waals surface area contributed by atoms with Gasteiger partial charge in [0, 0.05) is 68.3 Å². The van der Waals surface area contributed by atoms with E-state index in [2.05, 4.69) is 31.9 Å². The predicted molar refractivity (Wildman–Crippen MR) is 295 cm³/mol. The first-order valence-corrected chi connectivity index (χ1v) is 27.8. The van der Waals surface area contributed by atoms with E-state index in [1.807, 2.05) is 58.0 Å². The van der Waals surface area contributed by atoms with Gasteiger partial charge in [-0.1, -0.05) is 70.9 Å². The van der Waals surface area contributed by atoms with Crippen LogP contribution in [0.15, 0.2) is 60.8 Å². The van der Waals surface area contributed by atoms with Gasteiger partial charge in [-0.05, 0) is 74.8 Å². The third-order valence-electron chi connectivity index (χ3n) is 13.9. The van der Waals surface area contributed by atoms with Crippen LogP contribution in [0.4, 0.5) is 8.78 Å². The molecule has 1 aromatic heterocycles. The van der Waals surface area contributed by atoms with Crippen molar-refractivity contribution in [1.29, 1.82) is 0 Å². The molecule has 2 aliphatic heterocycles. The first-order chi connectivity index (χ1) is 39.7. The quantitative estimate of drug-likeness (QED) is 0.0311. The predicted octanol–water partition coefficient (Wildman–Crippen LogP) is 1.88. The number of primary amides is 1. The number of rotatable bonds is 33. The molecule has 0 radical (unpaired) electrons. The second kappa shape index (κ2) is 30.9. The molecule has 0 spiro atoms. The maximum absolute atomic E-state index is 15.4. The number of hydrogen-bond donors (Lipinski definition) is 9. The second-order valence-electron chi connectivity index (χ2n) is 21.8. The van der Waals surface area contributed by atoms with E-state index >= 15 is 4.39 Å². The number of carboxylic acid groups (broad SMARTS) is 1. The van der Waals surface area contributed by atoms with Crippen molar-refractivity contribution in [3.63, 3.8) is 0 Å². The minimum absolute atomic E-state index is 0.0611. The highest BCUT2D eigenvalue weighted by molar-refractivity contribution is 6.01. The van der Waals surface area contributed by atoms with Crippen LogP contribution in [0, 0.1) is 17.0 Å². The molecule has 84 heavy (non-hydrogen) atoms. The van der Waals surface area contributed by atoms with Gasteiger partial charge >= 0.3 is 11.9 Å². The lowest BCUT2D eigenvalue weighted by atomic mass is 9.82. The zero-order chi connectivity index (χ0) is 62.0. The van der Waals surface area contributed by atoms with E-state index in [0.717, 1.165) is 30.2 Å². The smallest absolute Gasteiger partial charge is 0.333 e. The van der Waals surface area contributed by atoms with Crippen LogP contribution < -0.4 is 37.6 Å². The summed E-state index contributed by atoms with van der Waals surface area (Å²) in [5, 5.41) is 36.0. The lowest BCUT2D eigenvalue weighted by Gasteiger charge is -2.41. The first kappa shape index (κ1) is 66.6. The van der Waals surface area contributed by atoms with Gasteiger partial charge in [0.05, 0.1) is 12.5 Å². The monoisotopic (exact) mass is 1180 g/mol. The third kappa shape index (κ3) is 19.7. The summed E-state index contributed by atoms with van der Waals surface area (Å²) in [6.45, 7) is 8.65. The number of nitrogens with one attached hydrogen (secondary N) is 6. The zero-order valence-corrected chi connectivity index (χ0v) is 47.9. The molecule has 25 nitrogen and oxygen atoms in total. The molecule has 2 aromatic carbocycles. The minimum atomic E-state index is -1.77. The number of aliphatic carboxylic acids is 1. The number of unbranched alkanes of at least 4 members (excludes halogenated alkanes) is 1. The van der Waals surface area contributed by atoms with Crippen LogP contribution in [0.2, 0.25) is 0 Å². The fraction of sp³-hybridized carbons (Fsp3) is 0.526. The van der Waals surface area contributed by atoms with Crippen molar-refractivity contribution in [3.8, 4) is 11.1 Å². The normalized spacial score (nSPS) is 16.9. The maximum atomic E-state index is 15.4. The lowest BCUT2D eigenvalue weighted by molar-refractivity contribution is -0.197. The summed E-state index contributed by atoms with van der Waals surface area (Å²) in [5.41, 5.74) is 6.09. The van der Waals surface area contributed by atoms with Crippen molar-refractivity contribution in [2.45, 2.75) is 167 Å². The van der Waals surface area contributed by atoms with E-state index in [4.69, 9.17) is 15.3 Å². The molecule has 9 amide bonds. The molecule has 3 heterocycles. The Balaban J connectivity index is 1.35. The Morgan fingerprint density at radius 2 is 1.48 bits per heavy atom. The minimum Gasteiger partial charge on any atom is -0.480 e. The third-order valence-corrected chi connectivity index (χ3v) is 13.9. The summed E-state index contributed by atoms with van der Waals surface area (Å²) >= 11 is 0. The number of benzene rings is 2. The Morgan fingerprint density at radius 3 is 2.11 bits per heavy atom. The molecular formula is C57H76F2N10O15. The number of ether oxygens (including phenoxy) is 1. The SMILES string of the molecule is CCCC[C@H](NC1OC1CCNC(=O)[C@H](CCN(C(=O)CO)[C@@H](c1cc(-c2cc(F)ccc2F)cn1Cc1ccccc1)C(C)(C)C)NC(=O)[C@H](CC(N)=O)NC(=O)[C@@H](C)NC(=O)[C@H](C)NC(=O)CCCC(=O)ON1C(=O)CCC1=O)C(=O)O. The molecule has 0 bridgehead atoms. The van der Waals surface area contributed by atoms with Crippen molar-refractivity contribution >= 4 is 65.1 Å². The number of aliphatic hydroxyl groups excluding tert-OH is 1. The maximum Gasteiger partial charge on any atom is 0.333 e. The van der Waals surface area contributed by atoms with Gasteiger partial charge in [0.25, 0.3) is 11.8 Å². The Labute approximate surface area is 484 Å². The van der Waals surface area contributed by atoms with Crippen molar-refractivity contribution in [2.75, 3.05) is 19.7 Å². The van der Waals surface area contributed by atoms with Crippen LogP contribution >= 0.6 is 0 Å². The molecule has 2 fully saturated rings. The number of aliphatic hydroxyl groups is 1. The largest absolute Gasteiger partial charge is 0.480 e. The highest BCUT2D eigenvalue weighted by Crippen LogP contribution is 2.41. The van der Waals surface area contributed by atoms with Crippen LogP contribution in [0.1, 0.15) is 129 Å². The second-order valence-corrected chi connectivity index (χ2v) is 21.8. The van der Waals surface area contributed by atoms with Gasteiger partial charge in [0.2, 0.25) is 41.4 Å². The van der Waals surface area contributed by atoms with Crippen molar-refractivity contribution in [2.24, 2.45) is 11.1 Å². The fourth-order valence-corrected chi connectivity index (χ4v) is 9.45. The molecule has 27 heteroatoms. The Kier molecular flexibility index (Phi) is 24.5. The topological polar surface area (TPSA) is 360 Å². The van der Waals surface area contributed by atoms with Gasteiger partial charge in [-0.3, -0.25) is 53.3 Å². The number of aromatic nitrogens is 1. The molecule has 2 unspecified atom stereocenters. The summed E-state index contributed by atoms with van der Waals surface area (Å²) < 4.78 is 37.5. The van der Waals surface area contributed by atoms with E-state index in [0.29, 0.717) is 23.6 Å². The number of carbonyl (C=O) groups excluding carboxylic acids is 10. The lowest BCUT2D eigenvalue weighted by Crippen LogP contribution is -2.58. The molecule has 458 valence electrons. The summed E-state index contributed by atoms with van der Waals surface area (Å²) in [6.07, 6.45) is 0.413. The Hall–Kier alpha value is -8.17. The number of carbonyl (C=O) groups is 11. The van der Waals surface area contributed by atoms with E-state index in [1.54, 1.807) is 16.8 Å². The number of nitrogens with zero attached hydrogens (tertiary/aromatic N) is 3. The van der Waals surface area contributed by atoms with Gasteiger partial charge in [0.15, 0.2) is 0 Å². The van der Waals surface area contributed by atoms with Crippen LogP contribution in [0.25, 0.3) is 11.1 Å². The molecule has 3 aromatic rings. The number of hydroxylamine groups is 2. The summed E-state index contributed by atoms with van der Waals surface area (Å²) in [4.78, 5) is 148. The molecular weight excluding hydrogens is 1100 g/mol. The van der Waals surface area contributed by atoms with Crippen molar-refractivity contribution in [3.05, 3.63) is 83.7 Å². The molecule has 8 atom stereocenters. The van der Waals surface area contributed by atoms with E-state index in [9.17, 15) is 67.3 Å². The molecule has 0 saturated carbocycles. The molecule has 2 aliphatic rings. The van der Waals surface area contributed by atoms with Crippen LogP contribution in [-0.2, 0) is 68.9 Å². The first-order valence-electron chi connectivity index (χ1n) is 27.8. The van der Waals surface area contributed by atoms with E-state index in [-0.39, 0.29) is 75.7 Å². The summed E-state index contributed by atoms with van der Waals surface area (Å²) in [7, 11) is 0. The van der Waals surface area contributed by atoms with E-state index in [1.165, 1.54) is 18.7 Å². The van der Waals surface area contributed by atoms with Crippen LogP contribution in [0.5, 0.6) is 0 Å². The number of carboxylic acids is 1. The van der Waals surface area contributed by atoms with Crippen LogP contribution in [0.3, 0.4) is 0 Å². The van der Waals surface area contributed by atoms with Gasteiger partial charge in [-0.15, -0.1) is 5.06 Å². The van der Waals surface area contributed by atoms with Crippen LogP contribution in [-0.4, -0.2) is 152 Å². The van der Waals surface area contributed by atoms with Gasteiger partial charge in [-0.25, -0.2) is 13.6 Å². The number of halogens is 2. The average Bonchev–Trinajstić information content (AvgIpc) is 3.13. The van der Waals surface area contributed by atoms with Gasteiger partial charge in [-0.2, -0.15) is 0 Å². The fourth-order valence-electron chi connectivity index (χ4n) is 9.45. The summed E-state index contributed by atoms with van der Waals surface area (Å²) in [5.74, 6) is -11.1. The molecule has 0 aliphatic carbocycles. The zero-order valence-electron chi connectivity index (χ0n) is 47.9. The number of epoxide rings is 1. The summed E-state index contributed by atoms with van der Waals surface area (Å²) in [6, 6.07) is 5.95. The van der Waals surface area contributed by atoms with E-state index < -0.39 is 144 Å². The van der Waals surface area contributed by atoms with Gasteiger partial charge in [0.1, 0.15) is 60.8 Å². The highest BCUT2D eigenvalue weighted by Gasteiger charge is 2.42. The molecule has 2 saturated heterocycles. The number of imide groups is 1. The Bertz CT molecular complexity index is 2870. The van der Waals surface area contributed by atoms with Gasteiger partial charge < -0.3 is 61.6 Å². The average molecular weight is 1180 g/mol. The highest BCUT2D eigenvalue weighted by atomic mass is 19.1. The van der Waals surface area contributed by atoms with Crippen molar-refractivity contribution in [1.82, 2.24) is 46.4 Å². The molecule has 5 rings (SSSR count). The number of hydrogen-bond acceptors (Lipinski definition) is 15. The number of amides is 9. The van der Waals surface area contributed by atoms with Crippen molar-refractivity contribution < 1.29 is 81.3 Å². The molecule has 10 N–H and O–H groups in total.